The van der Waals surface area contributed by atoms with E-state index in [4.69, 9.17) is 5.11 Å². The third-order valence-electron chi connectivity index (χ3n) is 3.12. The van der Waals surface area contributed by atoms with E-state index < -0.39 is 0 Å². The number of hydrogen-bond donors (Lipinski definition) is 3. The van der Waals surface area contributed by atoms with Gasteiger partial charge in [0.2, 0.25) is 0 Å². The Balaban J connectivity index is 1.99. The van der Waals surface area contributed by atoms with Gasteiger partial charge < -0.3 is 15.5 Å². The number of ketones is 1. The average molecular weight is 249 g/mol. The topological polar surface area (TPSA) is 86.6 Å². The molecule has 18 heavy (non-hydrogen) atoms. The van der Waals surface area contributed by atoms with Crippen molar-refractivity contribution >= 4 is 11.7 Å². The minimum atomic E-state index is -0.318. The minimum absolute atomic E-state index is 0.00569. The third-order valence-corrected chi connectivity index (χ3v) is 3.12. The van der Waals surface area contributed by atoms with Gasteiger partial charge in [-0.2, -0.15) is 0 Å². The fraction of sp³-hybridized carbons (Fsp3) is 0.385. The van der Waals surface area contributed by atoms with Crippen LogP contribution in [0.3, 0.4) is 0 Å². The molecule has 0 unspecified atom stereocenters. The molecule has 1 amide bonds. The van der Waals surface area contributed by atoms with Crippen LogP contribution >= 0.6 is 0 Å². The van der Waals surface area contributed by atoms with Crippen molar-refractivity contribution in [2.75, 3.05) is 0 Å². The molecular formula is C13H15NO4. The first-order valence-electron chi connectivity index (χ1n) is 5.91. The van der Waals surface area contributed by atoms with Crippen molar-refractivity contribution < 1.29 is 19.8 Å². The lowest BCUT2D eigenvalue weighted by Crippen LogP contribution is -2.37. The Morgan fingerprint density at radius 1 is 1.17 bits per heavy atom. The Bertz CT molecular complexity index is 474. The molecule has 0 atom stereocenters. The highest BCUT2D eigenvalue weighted by Gasteiger charge is 2.21. The van der Waals surface area contributed by atoms with Crippen molar-refractivity contribution in [1.29, 1.82) is 0 Å². The Hall–Kier alpha value is -2.04. The van der Waals surface area contributed by atoms with Gasteiger partial charge in [-0.1, -0.05) is 0 Å². The summed E-state index contributed by atoms with van der Waals surface area (Å²) >= 11 is 0. The predicted molar refractivity (Wildman–Crippen MR) is 64.5 cm³/mol. The molecule has 0 bridgehead atoms. The lowest BCUT2D eigenvalue weighted by Gasteiger charge is -2.22. The van der Waals surface area contributed by atoms with Crippen LogP contribution in [0.5, 0.6) is 11.5 Å². The molecule has 1 aromatic carbocycles. The fourth-order valence-corrected chi connectivity index (χ4v) is 2.02. The molecule has 0 aromatic heterocycles. The molecule has 0 radical (unpaired) electrons. The van der Waals surface area contributed by atoms with Crippen molar-refractivity contribution in [1.82, 2.24) is 5.32 Å². The Labute approximate surface area is 104 Å². The minimum Gasteiger partial charge on any atom is -0.504 e. The van der Waals surface area contributed by atoms with Crippen molar-refractivity contribution in [3.63, 3.8) is 0 Å². The maximum absolute atomic E-state index is 11.9. The molecule has 1 aliphatic rings. The van der Waals surface area contributed by atoms with Crippen LogP contribution in [0.25, 0.3) is 0 Å². The second kappa shape index (κ2) is 5.08. The van der Waals surface area contributed by atoms with Gasteiger partial charge in [0.05, 0.1) is 0 Å². The molecule has 1 saturated carbocycles. The quantitative estimate of drug-likeness (QED) is 0.690. The van der Waals surface area contributed by atoms with Crippen LogP contribution in [-0.4, -0.2) is 27.9 Å². The SMILES string of the molecule is O=C1CCC(NC(=O)c2ccc(O)c(O)c2)CC1. The van der Waals surface area contributed by atoms with Crippen LogP contribution in [0, 0.1) is 0 Å². The smallest absolute Gasteiger partial charge is 0.251 e. The molecule has 5 heteroatoms. The number of carbonyl (C=O) groups excluding carboxylic acids is 2. The molecule has 0 heterocycles. The zero-order valence-electron chi connectivity index (χ0n) is 9.85. The van der Waals surface area contributed by atoms with Crippen LogP contribution in [-0.2, 0) is 4.79 Å². The number of benzene rings is 1. The summed E-state index contributed by atoms with van der Waals surface area (Å²) < 4.78 is 0. The number of nitrogens with one attached hydrogen (secondary N) is 1. The first-order valence-corrected chi connectivity index (χ1v) is 5.91. The summed E-state index contributed by atoms with van der Waals surface area (Å²) in [5, 5.41) is 21.3. The molecule has 96 valence electrons. The van der Waals surface area contributed by atoms with Gasteiger partial charge in [-0.3, -0.25) is 9.59 Å². The monoisotopic (exact) mass is 249 g/mol. The summed E-state index contributed by atoms with van der Waals surface area (Å²) in [6.07, 6.45) is 2.33. The van der Waals surface area contributed by atoms with Crippen LogP contribution in [0.15, 0.2) is 18.2 Å². The van der Waals surface area contributed by atoms with Gasteiger partial charge in [-0.25, -0.2) is 0 Å². The molecule has 1 aliphatic carbocycles. The lowest BCUT2D eigenvalue weighted by molar-refractivity contribution is -0.120. The number of phenols is 2. The van der Waals surface area contributed by atoms with Gasteiger partial charge in [0.1, 0.15) is 5.78 Å². The van der Waals surface area contributed by atoms with E-state index >= 15 is 0 Å². The predicted octanol–water partition coefficient (Wildman–Crippen LogP) is 1.34. The summed E-state index contributed by atoms with van der Waals surface area (Å²) in [6.45, 7) is 0. The van der Waals surface area contributed by atoms with E-state index in [-0.39, 0.29) is 29.2 Å². The maximum Gasteiger partial charge on any atom is 0.251 e. The summed E-state index contributed by atoms with van der Waals surface area (Å²) in [5.41, 5.74) is 0.294. The molecule has 1 fully saturated rings. The second-order valence-corrected chi connectivity index (χ2v) is 4.49. The zero-order chi connectivity index (χ0) is 13.1. The van der Waals surface area contributed by atoms with E-state index in [0.29, 0.717) is 31.2 Å². The highest BCUT2D eigenvalue weighted by Crippen LogP contribution is 2.25. The van der Waals surface area contributed by atoms with Crippen LogP contribution < -0.4 is 5.32 Å². The van der Waals surface area contributed by atoms with E-state index in [0.717, 1.165) is 0 Å². The Kier molecular flexibility index (Phi) is 3.50. The Morgan fingerprint density at radius 3 is 2.44 bits per heavy atom. The molecule has 0 saturated heterocycles. The first-order chi connectivity index (χ1) is 8.56. The third kappa shape index (κ3) is 2.80. The molecular weight excluding hydrogens is 234 g/mol. The molecule has 5 nitrogen and oxygen atoms in total. The van der Waals surface area contributed by atoms with E-state index in [1.807, 2.05) is 0 Å². The molecule has 0 aliphatic heterocycles. The lowest BCUT2D eigenvalue weighted by atomic mass is 9.94. The van der Waals surface area contributed by atoms with E-state index in [9.17, 15) is 14.7 Å². The van der Waals surface area contributed by atoms with Crippen molar-refractivity contribution in [3.8, 4) is 11.5 Å². The summed E-state index contributed by atoms with van der Waals surface area (Å²) in [7, 11) is 0. The summed E-state index contributed by atoms with van der Waals surface area (Å²) in [4.78, 5) is 22.9. The van der Waals surface area contributed by atoms with Crippen molar-refractivity contribution in [2.45, 2.75) is 31.7 Å². The number of amides is 1. The maximum atomic E-state index is 11.9. The van der Waals surface area contributed by atoms with E-state index in [1.165, 1.54) is 18.2 Å². The standard InChI is InChI=1S/C13H15NO4/c15-10-4-2-9(3-5-10)14-13(18)8-1-6-11(16)12(17)7-8/h1,6-7,9,16-17H,2-5H2,(H,14,18). The van der Waals surface area contributed by atoms with Gasteiger partial charge >= 0.3 is 0 Å². The molecule has 2 rings (SSSR count). The number of aromatic hydroxyl groups is 2. The van der Waals surface area contributed by atoms with Gasteiger partial charge in [-0.15, -0.1) is 0 Å². The number of Topliss-reactive ketones (excluding diaryl/α,β-unsaturated/α-hetero) is 1. The average Bonchev–Trinajstić information content (AvgIpc) is 2.35. The molecule has 0 spiro atoms. The van der Waals surface area contributed by atoms with Gasteiger partial charge in [0.25, 0.3) is 5.91 Å². The summed E-state index contributed by atoms with van der Waals surface area (Å²) in [5.74, 6) is -0.635. The van der Waals surface area contributed by atoms with Crippen LogP contribution in [0.1, 0.15) is 36.0 Å². The number of rotatable bonds is 2. The molecule has 3 N–H and O–H groups in total. The van der Waals surface area contributed by atoms with Crippen molar-refractivity contribution in [2.24, 2.45) is 0 Å². The zero-order valence-corrected chi connectivity index (χ0v) is 9.85. The highest BCUT2D eigenvalue weighted by atomic mass is 16.3. The van der Waals surface area contributed by atoms with Gasteiger partial charge in [-0.05, 0) is 31.0 Å². The van der Waals surface area contributed by atoms with E-state index in [1.54, 1.807) is 0 Å². The number of carbonyl (C=O) groups is 2. The number of hydrogen-bond acceptors (Lipinski definition) is 4. The van der Waals surface area contributed by atoms with Gasteiger partial charge in [0, 0.05) is 24.4 Å². The van der Waals surface area contributed by atoms with Gasteiger partial charge in [0.15, 0.2) is 11.5 Å². The molecule has 1 aromatic rings. The summed E-state index contributed by atoms with van der Waals surface area (Å²) in [6, 6.07) is 3.94. The fourth-order valence-electron chi connectivity index (χ4n) is 2.02. The van der Waals surface area contributed by atoms with E-state index in [2.05, 4.69) is 5.32 Å². The second-order valence-electron chi connectivity index (χ2n) is 4.49. The normalized spacial score (nSPS) is 16.6. The first kappa shape index (κ1) is 12.4. The Morgan fingerprint density at radius 2 is 1.83 bits per heavy atom. The highest BCUT2D eigenvalue weighted by molar-refractivity contribution is 5.95. The van der Waals surface area contributed by atoms with Crippen LogP contribution in [0.2, 0.25) is 0 Å². The van der Waals surface area contributed by atoms with Crippen LogP contribution in [0.4, 0.5) is 0 Å². The largest absolute Gasteiger partial charge is 0.504 e. The number of phenolic OH excluding ortho intramolecular Hbond substituents is 2. The van der Waals surface area contributed by atoms with Crippen molar-refractivity contribution in [3.05, 3.63) is 23.8 Å².